The Labute approximate surface area is 217 Å². The number of nitrogens with zero attached hydrogens (tertiary/aromatic N) is 4. The number of rotatable bonds is 13. The summed E-state index contributed by atoms with van der Waals surface area (Å²) in [5.74, 6) is 0.858. The molecule has 1 aromatic heterocycles. The van der Waals surface area contributed by atoms with Crippen molar-refractivity contribution in [3.63, 3.8) is 0 Å². The molecule has 3 heterocycles. The lowest BCUT2D eigenvalue weighted by atomic mass is 10.0. The van der Waals surface area contributed by atoms with Gasteiger partial charge in [0.25, 0.3) is 0 Å². The minimum Gasteiger partial charge on any atom is -0.385 e. The first-order valence-corrected chi connectivity index (χ1v) is 12.9. The monoisotopic (exact) mass is 513 g/mol. The molecule has 194 valence electrons. The number of hydrogen-bond acceptors (Lipinski definition) is 9. The van der Waals surface area contributed by atoms with Crippen molar-refractivity contribution < 1.29 is 9.50 Å². The fourth-order valence-corrected chi connectivity index (χ4v) is 4.57. The van der Waals surface area contributed by atoms with Crippen LogP contribution in [0.1, 0.15) is 38.5 Å². The molecule has 8 nitrogen and oxygen atoms in total. The average molecular weight is 514 g/mol. The van der Waals surface area contributed by atoms with E-state index in [1.807, 2.05) is 42.7 Å². The van der Waals surface area contributed by atoms with E-state index in [9.17, 15) is 9.50 Å². The topological polar surface area (TPSA) is 97.2 Å². The van der Waals surface area contributed by atoms with Gasteiger partial charge in [-0.15, -0.1) is 0 Å². The number of allylic oxidation sites excluding steroid dienone is 3. The number of hydrazine groups is 2. The summed E-state index contributed by atoms with van der Waals surface area (Å²) in [6, 6.07) is 5.53. The van der Waals surface area contributed by atoms with E-state index in [1.54, 1.807) is 38.0 Å². The molecule has 1 fully saturated rings. The molecule has 0 saturated carbocycles. The van der Waals surface area contributed by atoms with Crippen molar-refractivity contribution in [2.45, 2.75) is 45.0 Å². The maximum absolute atomic E-state index is 13.3. The van der Waals surface area contributed by atoms with E-state index >= 15 is 0 Å². The normalized spacial score (nSPS) is 20.2. The van der Waals surface area contributed by atoms with Crippen molar-refractivity contribution in [2.75, 3.05) is 26.7 Å². The maximum Gasteiger partial charge on any atom is 0.141 e. The number of fused-ring (bicyclic) bond motifs is 1. The first-order valence-electron chi connectivity index (χ1n) is 12.1. The number of amidine groups is 1. The Hall–Kier alpha value is -2.63. The number of aromatic nitrogens is 1. The van der Waals surface area contributed by atoms with Crippen LogP contribution in [0.25, 0.3) is 0 Å². The van der Waals surface area contributed by atoms with Gasteiger partial charge in [0.05, 0.1) is 18.0 Å². The Balaban J connectivity index is 1.68. The third kappa shape index (κ3) is 7.68. The van der Waals surface area contributed by atoms with Crippen LogP contribution in [0.5, 0.6) is 0 Å². The van der Waals surface area contributed by atoms with Gasteiger partial charge in [-0.2, -0.15) is 5.53 Å². The molecule has 3 atom stereocenters. The van der Waals surface area contributed by atoms with Crippen molar-refractivity contribution in [1.29, 1.82) is 0 Å². The zero-order chi connectivity index (χ0) is 25.9. The molecule has 0 aliphatic carbocycles. The zero-order valence-corrected chi connectivity index (χ0v) is 21.9. The van der Waals surface area contributed by atoms with E-state index < -0.39 is 12.3 Å². The van der Waals surface area contributed by atoms with Crippen LogP contribution < -0.4 is 16.4 Å². The van der Waals surface area contributed by atoms with Gasteiger partial charge in [0.2, 0.25) is 0 Å². The predicted octanol–water partition coefficient (Wildman–Crippen LogP) is 3.61. The smallest absolute Gasteiger partial charge is 0.141 e. The second-order valence-corrected chi connectivity index (χ2v) is 9.54. The molecule has 2 aliphatic rings. The molecule has 36 heavy (non-hydrogen) atoms. The molecule has 4 N–H and O–H groups in total. The summed E-state index contributed by atoms with van der Waals surface area (Å²) in [4.78, 5) is 16.6. The summed E-state index contributed by atoms with van der Waals surface area (Å²) >= 11 is 1.55. The molecule has 3 unspecified atom stereocenters. The van der Waals surface area contributed by atoms with E-state index in [0.717, 1.165) is 34.1 Å². The largest absolute Gasteiger partial charge is 0.385 e. The lowest BCUT2D eigenvalue weighted by Gasteiger charge is -2.29. The van der Waals surface area contributed by atoms with E-state index in [4.69, 9.17) is 4.99 Å². The highest BCUT2D eigenvalue weighted by atomic mass is 32.2. The van der Waals surface area contributed by atoms with Crippen LogP contribution in [-0.4, -0.2) is 65.4 Å². The molecule has 2 aliphatic heterocycles. The number of pyridine rings is 1. The number of aliphatic hydroxyl groups excluding tert-OH is 1. The van der Waals surface area contributed by atoms with Crippen molar-refractivity contribution in [1.82, 2.24) is 26.3 Å². The Morgan fingerprint density at radius 3 is 2.97 bits per heavy atom. The molecule has 0 radical (unpaired) electrons. The summed E-state index contributed by atoms with van der Waals surface area (Å²) in [7, 11) is 1.75. The molecule has 10 heteroatoms. The van der Waals surface area contributed by atoms with Crippen LogP contribution in [0, 0.1) is 0 Å². The van der Waals surface area contributed by atoms with Crippen LogP contribution in [0.2, 0.25) is 0 Å². The Morgan fingerprint density at radius 2 is 2.28 bits per heavy atom. The third-order valence-electron chi connectivity index (χ3n) is 5.73. The second kappa shape index (κ2) is 14.2. The number of halogens is 1. The van der Waals surface area contributed by atoms with Gasteiger partial charge in [-0.05, 0) is 43.9 Å². The lowest BCUT2D eigenvalue weighted by Crippen LogP contribution is -2.50. The molecule has 0 amide bonds. The first-order chi connectivity index (χ1) is 17.4. The highest BCUT2D eigenvalue weighted by molar-refractivity contribution is 8.06. The van der Waals surface area contributed by atoms with Crippen molar-refractivity contribution in [2.24, 2.45) is 9.98 Å². The summed E-state index contributed by atoms with van der Waals surface area (Å²) in [6.07, 6.45) is 6.83. The van der Waals surface area contributed by atoms with E-state index in [-0.39, 0.29) is 6.04 Å². The van der Waals surface area contributed by atoms with Gasteiger partial charge in [0, 0.05) is 55.0 Å². The minimum atomic E-state index is -0.897. The first kappa shape index (κ1) is 27.9. The van der Waals surface area contributed by atoms with Crippen LogP contribution in [0.15, 0.2) is 80.8 Å². The van der Waals surface area contributed by atoms with Crippen molar-refractivity contribution in [3.8, 4) is 0 Å². The fourth-order valence-electron chi connectivity index (χ4n) is 3.99. The van der Waals surface area contributed by atoms with Gasteiger partial charge in [-0.1, -0.05) is 36.6 Å². The molecule has 1 saturated heterocycles. The number of thioether (sulfide) groups is 1. The van der Waals surface area contributed by atoms with Crippen molar-refractivity contribution in [3.05, 3.63) is 76.5 Å². The van der Waals surface area contributed by atoms with Gasteiger partial charge in [0.15, 0.2) is 0 Å². The molecule has 1 aromatic rings. The molecular formula is C26H36FN7OS. The van der Waals surface area contributed by atoms with Crippen LogP contribution in [0.3, 0.4) is 0 Å². The van der Waals surface area contributed by atoms with Crippen LogP contribution >= 0.6 is 11.8 Å². The quantitative estimate of drug-likeness (QED) is 0.182. The van der Waals surface area contributed by atoms with E-state index in [2.05, 4.69) is 37.8 Å². The standard InChI is InChI=1S/C26H36FN7OS/c1-5-13-36-19(3)26-30-15-21(22(28-4)11-8-9-18(2)27)24-14-20(17-34(24)26)32-33-31-16-25(35)23-10-6-7-12-29-23/h5-8,10-13,18,20,25,31-33,35H,3,9,14-17H2,1-2,4H3/b11-8-,13-5-,28-22+. The predicted molar refractivity (Wildman–Crippen MR) is 147 cm³/mol. The van der Waals surface area contributed by atoms with Gasteiger partial charge >= 0.3 is 0 Å². The number of alkyl halides is 1. The molecule has 0 spiro atoms. The average Bonchev–Trinajstić information content (AvgIpc) is 3.31. The summed E-state index contributed by atoms with van der Waals surface area (Å²) in [5, 5.41) is 12.3. The fraction of sp³-hybridized carbons (Fsp3) is 0.423. The minimum absolute atomic E-state index is 0.0743. The molecule has 0 bridgehead atoms. The van der Waals surface area contributed by atoms with Crippen LogP contribution in [-0.2, 0) is 0 Å². The number of aliphatic imine (C=N–C) groups is 2. The van der Waals surface area contributed by atoms with Gasteiger partial charge in [-0.3, -0.25) is 15.0 Å². The van der Waals surface area contributed by atoms with E-state index in [1.165, 1.54) is 0 Å². The Kier molecular flexibility index (Phi) is 11.0. The highest BCUT2D eigenvalue weighted by Gasteiger charge is 2.35. The lowest BCUT2D eigenvalue weighted by molar-refractivity contribution is 0.159. The molecule has 3 rings (SSSR count). The second-order valence-electron chi connectivity index (χ2n) is 8.54. The highest BCUT2D eigenvalue weighted by Crippen LogP contribution is 2.33. The van der Waals surface area contributed by atoms with Crippen LogP contribution in [0.4, 0.5) is 4.39 Å². The maximum atomic E-state index is 13.3. The van der Waals surface area contributed by atoms with E-state index in [0.29, 0.717) is 31.7 Å². The summed E-state index contributed by atoms with van der Waals surface area (Å²) in [5.41, 5.74) is 12.9. The number of nitrogens with one attached hydrogen (secondary N) is 3. The summed E-state index contributed by atoms with van der Waals surface area (Å²) in [6.45, 7) is 9.23. The number of hydrogen-bond donors (Lipinski definition) is 4. The summed E-state index contributed by atoms with van der Waals surface area (Å²) < 4.78 is 13.3. The third-order valence-corrected chi connectivity index (χ3v) is 6.61. The zero-order valence-electron chi connectivity index (χ0n) is 21.1. The van der Waals surface area contributed by atoms with Crippen molar-refractivity contribution >= 4 is 23.3 Å². The Morgan fingerprint density at radius 1 is 1.44 bits per heavy atom. The number of aliphatic hydroxyl groups is 1. The molecular weight excluding hydrogens is 477 g/mol. The van der Waals surface area contributed by atoms with Gasteiger partial charge in [0.1, 0.15) is 18.1 Å². The Bertz CT molecular complexity index is 1040. The van der Waals surface area contributed by atoms with Gasteiger partial charge < -0.3 is 10.0 Å². The van der Waals surface area contributed by atoms with Gasteiger partial charge in [-0.25, -0.2) is 15.2 Å². The SMILES string of the molecule is C=C(S/C=C\C)C1=NCC(C(/C=C\CC(C)F)=N/C)=C2CC(NNNCC(O)c3ccccn3)CN12. The molecule has 0 aromatic carbocycles.